The highest BCUT2D eigenvalue weighted by atomic mass is 16.6. The van der Waals surface area contributed by atoms with Crippen molar-refractivity contribution in [3.8, 4) is 0 Å². The summed E-state index contributed by atoms with van der Waals surface area (Å²) in [4.78, 5) is 22.6. The summed E-state index contributed by atoms with van der Waals surface area (Å²) in [5, 5.41) is 11.5. The van der Waals surface area contributed by atoms with Gasteiger partial charge < -0.3 is 15.2 Å². The molecule has 0 unspecified atom stereocenters. The van der Waals surface area contributed by atoms with E-state index in [1.54, 1.807) is 6.92 Å². The van der Waals surface area contributed by atoms with Gasteiger partial charge >= 0.3 is 12.1 Å². The van der Waals surface area contributed by atoms with Crippen molar-refractivity contribution in [3.05, 3.63) is 0 Å². The van der Waals surface area contributed by atoms with Gasteiger partial charge in [-0.15, -0.1) is 0 Å². The van der Waals surface area contributed by atoms with Crippen LogP contribution in [-0.2, 0) is 9.53 Å². The summed E-state index contributed by atoms with van der Waals surface area (Å²) in [6, 6.07) is -0.879. The second-order valence-electron chi connectivity index (χ2n) is 5.04. The van der Waals surface area contributed by atoms with Crippen molar-refractivity contribution < 1.29 is 19.4 Å². The van der Waals surface area contributed by atoms with Crippen LogP contribution in [-0.4, -0.2) is 28.8 Å². The molecule has 0 heterocycles. The number of ether oxygens (including phenoxy) is 1. The van der Waals surface area contributed by atoms with Gasteiger partial charge in [-0.25, -0.2) is 9.59 Å². The zero-order valence-corrected chi connectivity index (χ0v) is 10.7. The molecule has 2 N–H and O–H groups in total. The van der Waals surface area contributed by atoms with E-state index in [1.807, 2.05) is 13.8 Å². The zero-order chi connectivity index (χ0) is 13.1. The minimum absolute atomic E-state index is 0.116. The van der Waals surface area contributed by atoms with Gasteiger partial charge in [-0.1, -0.05) is 20.3 Å². The molecule has 98 valence electrons. The molecule has 1 saturated carbocycles. The quantitative estimate of drug-likeness (QED) is 0.775. The summed E-state index contributed by atoms with van der Waals surface area (Å²) < 4.78 is 5.24. The molecule has 1 amide bonds. The fraction of sp³-hybridized carbons (Fsp3) is 0.833. The number of amides is 1. The summed E-state index contributed by atoms with van der Waals surface area (Å²) in [5.74, 6) is -1.13. The number of carbonyl (C=O) groups excluding carboxylic acids is 1. The van der Waals surface area contributed by atoms with Gasteiger partial charge in [0.1, 0.15) is 11.6 Å². The average molecular weight is 243 g/mol. The van der Waals surface area contributed by atoms with Crippen LogP contribution in [0.15, 0.2) is 0 Å². The maximum absolute atomic E-state index is 11.6. The molecule has 0 aliphatic heterocycles. The molecule has 1 aliphatic rings. The smallest absolute Gasteiger partial charge is 0.408 e. The van der Waals surface area contributed by atoms with Crippen molar-refractivity contribution >= 4 is 12.1 Å². The second kappa shape index (κ2) is 5.38. The lowest BCUT2D eigenvalue weighted by Crippen LogP contribution is -2.49. The molecule has 17 heavy (non-hydrogen) atoms. The van der Waals surface area contributed by atoms with E-state index in [0.717, 1.165) is 19.3 Å². The van der Waals surface area contributed by atoms with Gasteiger partial charge in [0.05, 0.1) is 0 Å². The van der Waals surface area contributed by atoms with E-state index < -0.39 is 23.7 Å². The predicted molar refractivity (Wildman–Crippen MR) is 62.8 cm³/mol. The van der Waals surface area contributed by atoms with Crippen LogP contribution in [0.3, 0.4) is 0 Å². The van der Waals surface area contributed by atoms with Crippen molar-refractivity contribution in [2.24, 2.45) is 5.92 Å². The van der Waals surface area contributed by atoms with Gasteiger partial charge in [-0.2, -0.15) is 0 Å². The van der Waals surface area contributed by atoms with Gasteiger partial charge in [0.15, 0.2) is 0 Å². The molecule has 0 spiro atoms. The van der Waals surface area contributed by atoms with Gasteiger partial charge in [-0.3, -0.25) is 0 Å². The number of nitrogens with one attached hydrogen (secondary N) is 1. The highest BCUT2D eigenvalue weighted by molar-refractivity contribution is 5.80. The Labute approximate surface area is 102 Å². The van der Waals surface area contributed by atoms with Crippen molar-refractivity contribution in [3.63, 3.8) is 0 Å². The number of carboxylic acids is 1. The first-order chi connectivity index (χ1) is 7.88. The molecule has 1 fully saturated rings. The maximum Gasteiger partial charge on any atom is 0.408 e. The molecule has 0 aromatic carbocycles. The Morgan fingerprint density at radius 2 is 2.06 bits per heavy atom. The van der Waals surface area contributed by atoms with E-state index >= 15 is 0 Å². The molecular weight excluding hydrogens is 222 g/mol. The largest absolute Gasteiger partial charge is 0.480 e. The van der Waals surface area contributed by atoms with Crippen molar-refractivity contribution in [2.45, 2.75) is 58.1 Å². The van der Waals surface area contributed by atoms with Crippen molar-refractivity contribution in [1.29, 1.82) is 0 Å². The minimum atomic E-state index is -1.02. The summed E-state index contributed by atoms with van der Waals surface area (Å²) in [6.45, 7) is 5.56. The van der Waals surface area contributed by atoms with Crippen LogP contribution in [0.2, 0.25) is 0 Å². The Morgan fingerprint density at radius 1 is 1.47 bits per heavy atom. The van der Waals surface area contributed by atoms with Gasteiger partial charge in [0, 0.05) is 0 Å². The van der Waals surface area contributed by atoms with Crippen LogP contribution in [0, 0.1) is 5.92 Å². The molecule has 1 rings (SSSR count). The summed E-state index contributed by atoms with van der Waals surface area (Å²) in [5.41, 5.74) is -0.400. The second-order valence-corrected chi connectivity index (χ2v) is 5.04. The van der Waals surface area contributed by atoms with E-state index in [2.05, 4.69) is 5.32 Å². The van der Waals surface area contributed by atoms with Crippen LogP contribution in [0.25, 0.3) is 0 Å². The standard InChI is InChI=1S/C12H21NO4/c1-4-8(2)9(10(14)15)13-11(16)17-12(3)6-5-7-12/h8-9H,4-7H2,1-3H3,(H,13,16)(H,14,15)/t8-,9-/m0/s1. The Hall–Kier alpha value is -1.26. The van der Waals surface area contributed by atoms with Gasteiger partial charge in [0.2, 0.25) is 0 Å². The monoisotopic (exact) mass is 243 g/mol. The number of hydrogen-bond donors (Lipinski definition) is 2. The molecule has 0 bridgehead atoms. The summed E-state index contributed by atoms with van der Waals surface area (Å²) >= 11 is 0. The van der Waals surface area contributed by atoms with Crippen LogP contribution in [0.1, 0.15) is 46.5 Å². The van der Waals surface area contributed by atoms with Gasteiger partial charge in [0.25, 0.3) is 0 Å². The molecule has 1 aliphatic carbocycles. The third kappa shape index (κ3) is 3.61. The predicted octanol–water partition coefficient (Wildman–Crippen LogP) is 2.15. The van der Waals surface area contributed by atoms with Crippen LogP contribution < -0.4 is 5.32 Å². The zero-order valence-electron chi connectivity index (χ0n) is 10.7. The topological polar surface area (TPSA) is 75.6 Å². The van der Waals surface area contributed by atoms with E-state index in [-0.39, 0.29) is 5.92 Å². The molecule has 5 nitrogen and oxygen atoms in total. The lowest BCUT2D eigenvalue weighted by Gasteiger charge is -2.37. The molecule has 0 aromatic heterocycles. The first-order valence-electron chi connectivity index (χ1n) is 6.10. The van der Waals surface area contributed by atoms with E-state index in [4.69, 9.17) is 9.84 Å². The fourth-order valence-corrected chi connectivity index (χ4v) is 1.84. The molecule has 2 atom stereocenters. The summed E-state index contributed by atoms with van der Waals surface area (Å²) in [6.07, 6.45) is 2.81. The Kier molecular flexibility index (Phi) is 4.37. The van der Waals surface area contributed by atoms with Crippen LogP contribution in [0.5, 0.6) is 0 Å². The molecular formula is C12H21NO4. The third-order valence-electron chi connectivity index (χ3n) is 3.50. The minimum Gasteiger partial charge on any atom is -0.480 e. The van der Waals surface area contributed by atoms with Crippen LogP contribution >= 0.6 is 0 Å². The van der Waals surface area contributed by atoms with E-state index in [0.29, 0.717) is 6.42 Å². The Morgan fingerprint density at radius 3 is 2.41 bits per heavy atom. The van der Waals surface area contributed by atoms with Crippen molar-refractivity contribution in [2.75, 3.05) is 0 Å². The number of alkyl carbamates (subject to hydrolysis) is 1. The summed E-state index contributed by atoms with van der Waals surface area (Å²) in [7, 11) is 0. The fourth-order valence-electron chi connectivity index (χ4n) is 1.84. The third-order valence-corrected chi connectivity index (χ3v) is 3.50. The van der Waals surface area contributed by atoms with Crippen molar-refractivity contribution in [1.82, 2.24) is 5.32 Å². The number of aliphatic carboxylic acids is 1. The van der Waals surface area contributed by atoms with E-state index in [1.165, 1.54) is 0 Å². The molecule has 5 heteroatoms. The Bertz CT molecular complexity index is 299. The highest BCUT2D eigenvalue weighted by Gasteiger charge is 2.37. The lowest BCUT2D eigenvalue weighted by molar-refractivity contribution is -0.141. The molecule has 0 radical (unpaired) electrons. The molecule has 0 aromatic rings. The van der Waals surface area contributed by atoms with E-state index in [9.17, 15) is 9.59 Å². The average Bonchev–Trinajstić information content (AvgIpc) is 2.22. The highest BCUT2D eigenvalue weighted by Crippen LogP contribution is 2.34. The Balaban J connectivity index is 2.49. The maximum atomic E-state index is 11.6. The normalized spacial score (nSPS) is 20.9. The first-order valence-corrected chi connectivity index (χ1v) is 6.10. The SMILES string of the molecule is CC[C@H](C)[C@H](NC(=O)OC1(C)CCC1)C(=O)O. The number of carboxylic acid groups (broad SMARTS) is 1. The number of hydrogen-bond acceptors (Lipinski definition) is 3. The number of carbonyl (C=O) groups is 2. The first kappa shape index (κ1) is 13.8. The number of rotatable bonds is 5. The van der Waals surface area contributed by atoms with Crippen LogP contribution in [0.4, 0.5) is 4.79 Å². The lowest BCUT2D eigenvalue weighted by atomic mass is 9.82. The van der Waals surface area contributed by atoms with Gasteiger partial charge in [-0.05, 0) is 32.1 Å². The molecule has 0 saturated heterocycles.